The molecule has 4 aromatic rings. The number of carbonyl (C=O) groups excluding carboxylic acids is 3. The van der Waals surface area contributed by atoms with Crippen molar-refractivity contribution in [3.8, 4) is 11.5 Å². The molecule has 1 aliphatic rings. The fourth-order valence-corrected chi connectivity index (χ4v) is 7.37. The van der Waals surface area contributed by atoms with Crippen molar-refractivity contribution in [3.63, 3.8) is 0 Å². The third-order valence-electron chi connectivity index (χ3n) is 7.58. The molecular formula is C33H33N3O8S2. The summed E-state index contributed by atoms with van der Waals surface area (Å²) >= 11 is 4.48. The Labute approximate surface area is 272 Å². The van der Waals surface area contributed by atoms with Gasteiger partial charge in [-0.2, -0.15) is 16.9 Å². The Morgan fingerprint density at radius 3 is 2.26 bits per heavy atom. The Morgan fingerprint density at radius 1 is 0.913 bits per heavy atom. The number of methoxy groups -OCH3 is 2. The molecule has 1 unspecified atom stereocenters. The quantitative estimate of drug-likeness (QED) is 0.167. The summed E-state index contributed by atoms with van der Waals surface area (Å²) < 4.78 is 43.9. The third-order valence-corrected chi connectivity index (χ3v) is 9.82. The van der Waals surface area contributed by atoms with Gasteiger partial charge in [0.2, 0.25) is 15.9 Å². The van der Waals surface area contributed by atoms with Crippen LogP contribution in [0.25, 0.3) is 10.8 Å². The van der Waals surface area contributed by atoms with Crippen LogP contribution in [0.15, 0.2) is 95.9 Å². The summed E-state index contributed by atoms with van der Waals surface area (Å²) in [5.41, 5.74) is 1.16. The van der Waals surface area contributed by atoms with E-state index in [1.54, 1.807) is 67.8 Å². The zero-order valence-electron chi connectivity index (χ0n) is 25.1. The molecule has 2 N–H and O–H groups in total. The Morgan fingerprint density at radius 2 is 1.59 bits per heavy atom. The Hall–Kier alpha value is -4.59. The largest absolute Gasteiger partial charge is 0.497 e. The van der Waals surface area contributed by atoms with Crippen LogP contribution in [-0.2, 0) is 30.8 Å². The van der Waals surface area contributed by atoms with E-state index in [2.05, 4.69) is 23.3 Å². The molecule has 0 radical (unpaired) electrons. The van der Waals surface area contributed by atoms with Crippen molar-refractivity contribution in [2.75, 3.05) is 26.1 Å². The molecule has 13 heteroatoms. The average molecular weight is 664 g/mol. The second kappa shape index (κ2) is 14.2. The predicted octanol–water partition coefficient (Wildman–Crippen LogP) is 4.42. The van der Waals surface area contributed by atoms with Crippen molar-refractivity contribution >= 4 is 57.1 Å². The summed E-state index contributed by atoms with van der Waals surface area (Å²) in [6, 6.07) is 23.2. The number of sulfonamides is 1. The van der Waals surface area contributed by atoms with Crippen molar-refractivity contribution in [3.05, 3.63) is 96.6 Å². The first-order valence-electron chi connectivity index (χ1n) is 14.4. The van der Waals surface area contributed by atoms with E-state index in [-0.39, 0.29) is 35.3 Å². The van der Waals surface area contributed by atoms with Crippen molar-refractivity contribution < 1.29 is 37.0 Å². The predicted molar refractivity (Wildman–Crippen MR) is 176 cm³/mol. The van der Waals surface area contributed by atoms with E-state index in [0.717, 1.165) is 15.1 Å². The topological polar surface area (TPSA) is 140 Å². The van der Waals surface area contributed by atoms with E-state index in [9.17, 15) is 22.8 Å². The van der Waals surface area contributed by atoms with Gasteiger partial charge in [-0.1, -0.05) is 42.5 Å². The number of esters is 1. The Balaban J connectivity index is 1.25. The smallest absolute Gasteiger partial charge is 0.417 e. The van der Waals surface area contributed by atoms with Gasteiger partial charge in [0.1, 0.15) is 23.6 Å². The minimum Gasteiger partial charge on any atom is -0.497 e. The molecule has 0 bridgehead atoms. The van der Waals surface area contributed by atoms with Crippen molar-refractivity contribution in [2.45, 2.75) is 35.1 Å². The summed E-state index contributed by atoms with van der Waals surface area (Å²) in [5.74, 6) is -0.425. The lowest BCUT2D eigenvalue weighted by atomic mass is 10.0. The standard InChI is InChI=1S/C33H33N3O8S2/c1-42-25-14-10-24(11-15-25)34-33(39)44-26-12-7-21(8-13-26)17-29(32(38)43-2)35-31(37)30-19-27(45)20-36(30)46(40,41)28-16-9-22-5-3-4-6-23(22)18-28/h3-16,18,27,29-30,45H,17,19-20H2,1-2H3,(H,34,39)(H,35,37)/t27-,29?,30-/m0/s1. The van der Waals surface area contributed by atoms with Gasteiger partial charge in [0.05, 0.1) is 19.1 Å². The number of ether oxygens (including phenoxy) is 3. The van der Waals surface area contributed by atoms with Crippen LogP contribution >= 0.6 is 12.6 Å². The lowest BCUT2D eigenvalue weighted by Crippen LogP contribution is -2.51. The van der Waals surface area contributed by atoms with Gasteiger partial charge in [-0.25, -0.2) is 18.0 Å². The molecule has 5 rings (SSSR count). The maximum atomic E-state index is 13.7. The van der Waals surface area contributed by atoms with Crippen molar-refractivity contribution in [2.24, 2.45) is 0 Å². The van der Waals surface area contributed by atoms with Gasteiger partial charge in [0.15, 0.2) is 0 Å². The molecule has 1 heterocycles. The van der Waals surface area contributed by atoms with E-state index >= 15 is 0 Å². The molecule has 11 nitrogen and oxygen atoms in total. The van der Waals surface area contributed by atoms with Gasteiger partial charge < -0.3 is 19.5 Å². The van der Waals surface area contributed by atoms with Crippen molar-refractivity contribution in [1.82, 2.24) is 9.62 Å². The normalized spacial score (nSPS) is 17.2. The molecular weight excluding hydrogens is 631 g/mol. The van der Waals surface area contributed by atoms with E-state index in [0.29, 0.717) is 17.0 Å². The zero-order valence-corrected chi connectivity index (χ0v) is 26.8. The van der Waals surface area contributed by atoms with E-state index in [1.165, 1.54) is 13.2 Å². The average Bonchev–Trinajstić information content (AvgIpc) is 3.47. The number of hydrogen-bond acceptors (Lipinski definition) is 9. The van der Waals surface area contributed by atoms with Gasteiger partial charge in [0.25, 0.3) is 0 Å². The minimum atomic E-state index is -4.06. The molecule has 1 saturated heterocycles. The number of nitrogens with zero attached hydrogens (tertiary/aromatic N) is 1. The summed E-state index contributed by atoms with van der Waals surface area (Å²) in [5, 5.41) is 6.57. The number of anilines is 1. The number of fused-ring (bicyclic) bond motifs is 1. The lowest BCUT2D eigenvalue weighted by Gasteiger charge is -2.25. The molecule has 3 atom stereocenters. The Kier molecular flexibility index (Phi) is 10.1. The van der Waals surface area contributed by atoms with Crippen LogP contribution in [0.5, 0.6) is 11.5 Å². The lowest BCUT2D eigenvalue weighted by molar-refractivity contribution is -0.145. The van der Waals surface area contributed by atoms with Crippen LogP contribution in [0.1, 0.15) is 12.0 Å². The van der Waals surface area contributed by atoms with E-state index < -0.39 is 40.1 Å². The van der Waals surface area contributed by atoms with Crippen LogP contribution in [0, 0.1) is 0 Å². The van der Waals surface area contributed by atoms with E-state index in [4.69, 9.17) is 14.2 Å². The molecule has 0 saturated carbocycles. The molecule has 0 spiro atoms. The maximum absolute atomic E-state index is 13.7. The molecule has 1 fully saturated rings. The molecule has 0 aromatic heterocycles. The second-order valence-corrected chi connectivity index (χ2v) is 13.3. The molecule has 0 aliphatic carbocycles. The van der Waals surface area contributed by atoms with Gasteiger partial charge in [-0.3, -0.25) is 10.1 Å². The first-order valence-corrected chi connectivity index (χ1v) is 16.3. The van der Waals surface area contributed by atoms with Gasteiger partial charge in [-0.15, -0.1) is 0 Å². The number of carbonyl (C=O) groups is 3. The van der Waals surface area contributed by atoms with Crippen LogP contribution in [0.4, 0.5) is 10.5 Å². The number of benzene rings is 4. The highest BCUT2D eigenvalue weighted by Crippen LogP contribution is 2.30. The highest BCUT2D eigenvalue weighted by atomic mass is 32.2. The molecule has 46 heavy (non-hydrogen) atoms. The summed E-state index contributed by atoms with van der Waals surface area (Å²) in [6.07, 6.45) is -0.481. The van der Waals surface area contributed by atoms with Crippen molar-refractivity contribution in [1.29, 1.82) is 0 Å². The molecule has 240 valence electrons. The summed E-state index contributed by atoms with van der Waals surface area (Å²) in [7, 11) is -1.31. The number of hydrogen-bond donors (Lipinski definition) is 3. The van der Waals surface area contributed by atoms with Crippen LogP contribution in [-0.4, -0.2) is 68.8 Å². The molecule has 1 aliphatic heterocycles. The van der Waals surface area contributed by atoms with Crippen LogP contribution < -0.4 is 20.1 Å². The first kappa shape index (κ1) is 32.8. The Bertz CT molecular complexity index is 1830. The van der Waals surface area contributed by atoms with E-state index in [1.807, 2.05) is 24.3 Å². The second-order valence-electron chi connectivity index (χ2n) is 10.7. The van der Waals surface area contributed by atoms with Gasteiger partial charge in [0, 0.05) is 23.9 Å². The highest BCUT2D eigenvalue weighted by Gasteiger charge is 2.44. The fourth-order valence-electron chi connectivity index (χ4n) is 5.21. The fraction of sp³-hybridized carbons (Fsp3) is 0.242. The number of nitrogens with one attached hydrogen (secondary N) is 2. The number of thiol groups is 1. The zero-order chi connectivity index (χ0) is 32.8. The highest BCUT2D eigenvalue weighted by molar-refractivity contribution is 7.89. The maximum Gasteiger partial charge on any atom is 0.417 e. The molecule has 4 aromatic carbocycles. The van der Waals surface area contributed by atoms with Gasteiger partial charge >= 0.3 is 12.1 Å². The monoisotopic (exact) mass is 663 g/mol. The van der Waals surface area contributed by atoms with Crippen LogP contribution in [0.3, 0.4) is 0 Å². The van der Waals surface area contributed by atoms with Gasteiger partial charge in [-0.05, 0) is 71.3 Å². The minimum absolute atomic E-state index is 0.0345. The third kappa shape index (κ3) is 7.61. The number of rotatable bonds is 10. The molecule has 2 amide bonds. The van der Waals surface area contributed by atoms with Crippen LogP contribution in [0.2, 0.25) is 0 Å². The SMILES string of the molecule is COC(=O)C(Cc1ccc(OC(=O)Nc2ccc(OC)cc2)cc1)NC(=O)[C@@H]1C[C@H](S)CN1S(=O)(=O)c1ccc2ccccc2c1. The summed E-state index contributed by atoms with van der Waals surface area (Å²) in [4.78, 5) is 38.6. The summed E-state index contributed by atoms with van der Waals surface area (Å²) in [6.45, 7) is 0.0345. The number of amides is 2. The first-order chi connectivity index (χ1) is 22.1.